The summed E-state index contributed by atoms with van der Waals surface area (Å²) in [4.78, 5) is 16.2. The summed E-state index contributed by atoms with van der Waals surface area (Å²) in [5, 5.41) is 10.4. The summed E-state index contributed by atoms with van der Waals surface area (Å²) in [6, 6.07) is 14.6. The van der Waals surface area contributed by atoms with Crippen molar-refractivity contribution >= 4 is 5.97 Å². The Balaban J connectivity index is 2.01. The van der Waals surface area contributed by atoms with Gasteiger partial charge in [-0.1, -0.05) is 0 Å². The Labute approximate surface area is 168 Å². The van der Waals surface area contributed by atoms with Gasteiger partial charge in [-0.15, -0.1) is 0 Å². The Morgan fingerprint density at radius 1 is 1.00 bits per heavy atom. The van der Waals surface area contributed by atoms with Crippen molar-refractivity contribution in [3.63, 3.8) is 0 Å². The van der Waals surface area contributed by atoms with E-state index in [0.717, 1.165) is 11.1 Å². The number of nitrogens with zero attached hydrogens (tertiary/aromatic N) is 1. The van der Waals surface area contributed by atoms with Gasteiger partial charge in [0.25, 0.3) is 0 Å². The molecule has 7 heteroatoms. The number of aromatic nitrogens is 1. The smallest absolute Gasteiger partial charge is 0.308 e. The van der Waals surface area contributed by atoms with Gasteiger partial charge in [0.15, 0.2) is 5.76 Å². The van der Waals surface area contributed by atoms with Crippen LogP contribution in [0.3, 0.4) is 0 Å². The first-order chi connectivity index (χ1) is 14.0. The van der Waals surface area contributed by atoms with Crippen LogP contribution in [0, 0.1) is 0 Å². The van der Waals surface area contributed by atoms with Crippen molar-refractivity contribution in [2.75, 3.05) is 20.8 Å². The number of carbonyl (C=O) groups excluding carboxylic acids is 1. The zero-order valence-corrected chi connectivity index (χ0v) is 16.5. The molecule has 0 fully saturated rings. The quantitative estimate of drug-likeness (QED) is 0.574. The van der Waals surface area contributed by atoms with E-state index in [2.05, 4.69) is 4.98 Å². The van der Waals surface area contributed by atoms with E-state index in [9.17, 15) is 9.90 Å². The van der Waals surface area contributed by atoms with E-state index in [-0.39, 0.29) is 18.9 Å². The third-order valence-electron chi connectivity index (χ3n) is 4.31. The topological polar surface area (TPSA) is 91.0 Å². The molecule has 0 aliphatic heterocycles. The Morgan fingerprint density at radius 2 is 1.55 bits per heavy atom. The first-order valence-electron chi connectivity index (χ1n) is 9.19. The van der Waals surface area contributed by atoms with Crippen LogP contribution in [-0.2, 0) is 9.53 Å². The Morgan fingerprint density at radius 3 is 2.07 bits per heavy atom. The third kappa shape index (κ3) is 4.75. The van der Waals surface area contributed by atoms with Gasteiger partial charge in [0, 0.05) is 11.1 Å². The molecular formula is C22H23NO6. The van der Waals surface area contributed by atoms with Crippen molar-refractivity contribution in [2.24, 2.45) is 0 Å². The number of rotatable bonds is 8. The van der Waals surface area contributed by atoms with Crippen molar-refractivity contribution < 1.29 is 28.5 Å². The summed E-state index contributed by atoms with van der Waals surface area (Å²) < 4.78 is 21.2. The van der Waals surface area contributed by atoms with Crippen molar-refractivity contribution in [2.45, 2.75) is 19.4 Å². The maximum atomic E-state index is 11.7. The van der Waals surface area contributed by atoms with Gasteiger partial charge >= 0.3 is 5.97 Å². The molecule has 3 rings (SSSR count). The minimum absolute atomic E-state index is 0.0506. The van der Waals surface area contributed by atoms with Gasteiger partial charge in [-0.05, 0) is 55.5 Å². The number of oxazole rings is 1. The van der Waals surface area contributed by atoms with Crippen LogP contribution < -0.4 is 9.47 Å². The number of aliphatic hydroxyl groups is 1. The van der Waals surface area contributed by atoms with Gasteiger partial charge in [0.2, 0.25) is 5.89 Å². The van der Waals surface area contributed by atoms with Crippen LogP contribution >= 0.6 is 0 Å². The fourth-order valence-electron chi connectivity index (χ4n) is 2.83. The second kappa shape index (κ2) is 9.25. The van der Waals surface area contributed by atoms with Crippen LogP contribution in [0.5, 0.6) is 11.5 Å². The second-order valence-electron chi connectivity index (χ2n) is 6.21. The molecule has 2 aromatic carbocycles. The highest BCUT2D eigenvalue weighted by Crippen LogP contribution is 2.36. The summed E-state index contributed by atoms with van der Waals surface area (Å²) in [5.74, 6) is 1.44. The number of ether oxygens (including phenoxy) is 3. The third-order valence-corrected chi connectivity index (χ3v) is 4.31. The predicted octanol–water partition coefficient (Wildman–Crippen LogP) is 4.01. The molecule has 0 radical (unpaired) electrons. The number of esters is 1. The van der Waals surface area contributed by atoms with Gasteiger partial charge in [-0.25, -0.2) is 4.98 Å². The van der Waals surface area contributed by atoms with E-state index in [4.69, 9.17) is 18.6 Å². The summed E-state index contributed by atoms with van der Waals surface area (Å²) in [5.41, 5.74) is 2.10. The van der Waals surface area contributed by atoms with E-state index in [0.29, 0.717) is 23.0 Å². The minimum Gasteiger partial charge on any atom is -0.497 e. The summed E-state index contributed by atoms with van der Waals surface area (Å²) in [6.45, 7) is 1.95. The lowest BCUT2D eigenvalue weighted by Crippen LogP contribution is -2.10. The van der Waals surface area contributed by atoms with E-state index in [1.54, 1.807) is 21.1 Å². The lowest BCUT2D eigenvalue weighted by molar-refractivity contribution is -0.145. The molecule has 1 heterocycles. The Kier molecular flexibility index (Phi) is 6.51. The fraction of sp³-hybridized carbons (Fsp3) is 0.273. The molecule has 0 amide bonds. The van der Waals surface area contributed by atoms with E-state index < -0.39 is 12.1 Å². The highest BCUT2D eigenvalue weighted by atomic mass is 16.5. The molecule has 29 heavy (non-hydrogen) atoms. The van der Waals surface area contributed by atoms with Crippen LogP contribution in [0.2, 0.25) is 0 Å². The van der Waals surface area contributed by atoms with Crippen LogP contribution in [0.25, 0.3) is 22.6 Å². The molecule has 1 unspecified atom stereocenters. The highest BCUT2D eigenvalue weighted by molar-refractivity contribution is 5.77. The molecule has 1 aromatic heterocycles. The van der Waals surface area contributed by atoms with Crippen molar-refractivity contribution in [3.05, 3.63) is 54.4 Å². The van der Waals surface area contributed by atoms with Crippen LogP contribution in [0.4, 0.5) is 0 Å². The number of methoxy groups -OCH3 is 2. The molecule has 7 nitrogen and oxygen atoms in total. The van der Waals surface area contributed by atoms with Crippen LogP contribution in [0.1, 0.15) is 25.3 Å². The molecule has 152 valence electrons. The van der Waals surface area contributed by atoms with E-state index in [1.807, 2.05) is 48.5 Å². The second-order valence-corrected chi connectivity index (χ2v) is 6.21. The molecule has 0 saturated heterocycles. The van der Waals surface area contributed by atoms with Gasteiger partial charge in [-0.2, -0.15) is 0 Å². The maximum absolute atomic E-state index is 11.7. The Hall–Kier alpha value is -3.32. The van der Waals surface area contributed by atoms with E-state index >= 15 is 0 Å². The molecule has 0 bridgehead atoms. The van der Waals surface area contributed by atoms with Crippen molar-refractivity contribution in [1.29, 1.82) is 0 Å². The van der Waals surface area contributed by atoms with Crippen molar-refractivity contribution in [1.82, 2.24) is 4.98 Å². The fourth-order valence-corrected chi connectivity index (χ4v) is 2.83. The lowest BCUT2D eigenvalue weighted by Gasteiger charge is -2.05. The van der Waals surface area contributed by atoms with Gasteiger partial charge in [0.05, 0.1) is 27.2 Å². The Bertz CT molecular complexity index is 881. The van der Waals surface area contributed by atoms with Gasteiger partial charge < -0.3 is 23.7 Å². The molecule has 1 N–H and O–H groups in total. The highest BCUT2D eigenvalue weighted by Gasteiger charge is 2.24. The number of benzene rings is 2. The largest absolute Gasteiger partial charge is 0.497 e. The minimum atomic E-state index is -1.21. The molecule has 3 aromatic rings. The number of hydrogen-bond donors (Lipinski definition) is 1. The van der Waals surface area contributed by atoms with Crippen LogP contribution in [0.15, 0.2) is 52.9 Å². The SMILES string of the molecule is CCOC(=O)CC(O)c1nc(-c2ccc(OC)cc2)c(-c2ccc(OC)cc2)o1. The normalized spacial score (nSPS) is 11.7. The standard InChI is InChI=1S/C22H23NO6/c1-4-28-19(25)13-18(24)22-23-20(14-5-9-16(26-2)10-6-14)21(29-22)15-7-11-17(27-3)12-8-15/h5-12,18,24H,4,13H2,1-3H3. The molecule has 1 atom stereocenters. The molecule has 0 aliphatic rings. The maximum Gasteiger partial charge on any atom is 0.308 e. The number of hydrogen-bond acceptors (Lipinski definition) is 7. The zero-order chi connectivity index (χ0) is 20.8. The average molecular weight is 397 g/mol. The monoisotopic (exact) mass is 397 g/mol. The van der Waals surface area contributed by atoms with Crippen molar-refractivity contribution in [3.8, 4) is 34.1 Å². The molecule has 0 aliphatic carbocycles. The van der Waals surface area contributed by atoms with Crippen LogP contribution in [-0.4, -0.2) is 36.9 Å². The summed E-state index contributed by atoms with van der Waals surface area (Å²) in [7, 11) is 3.19. The molecule has 0 spiro atoms. The van der Waals surface area contributed by atoms with E-state index in [1.165, 1.54) is 0 Å². The zero-order valence-electron chi connectivity index (χ0n) is 16.5. The number of aliphatic hydroxyl groups excluding tert-OH is 1. The lowest BCUT2D eigenvalue weighted by atomic mass is 10.1. The summed E-state index contributed by atoms with van der Waals surface area (Å²) in [6.07, 6.45) is -1.45. The number of carbonyl (C=O) groups is 1. The first kappa shape index (κ1) is 20.4. The van der Waals surface area contributed by atoms with Gasteiger partial charge in [-0.3, -0.25) is 4.79 Å². The van der Waals surface area contributed by atoms with Gasteiger partial charge in [0.1, 0.15) is 23.3 Å². The first-order valence-corrected chi connectivity index (χ1v) is 9.19. The summed E-state index contributed by atoms with van der Waals surface area (Å²) >= 11 is 0. The molecular weight excluding hydrogens is 374 g/mol. The molecule has 0 saturated carbocycles. The predicted molar refractivity (Wildman–Crippen MR) is 107 cm³/mol. The average Bonchev–Trinajstić information content (AvgIpc) is 3.19.